The van der Waals surface area contributed by atoms with Crippen molar-refractivity contribution in [2.45, 2.75) is 25.8 Å². The lowest BCUT2D eigenvalue weighted by atomic mass is 9.99. The van der Waals surface area contributed by atoms with E-state index in [0.717, 1.165) is 25.9 Å². The van der Waals surface area contributed by atoms with Gasteiger partial charge in [0, 0.05) is 20.1 Å². The number of methoxy groups -OCH3 is 1. The van der Waals surface area contributed by atoms with Gasteiger partial charge in [0.1, 0.15) is 5.75 Å². The largest absolute Gasteiger partial charge is 0.508 e. The third-order valence-corrected chi connectivity index (χ3v) is 4.20. The highest BCUT2D eigenvalue weighted by Gasteiger charge is 2.24. The maximum Gasteiger partial charge on any atom is 0.240 e. The fourth-order valence-corrected chi connectivity index (χ4v) is 3.08. The molecule has 0 bridgehead atoms. The van der Waals surface area contributed by atoms with E-state index < -0.39 is 0 Å². The third kappa shape index (κ3) is 4.53. The molecule has 1 N–H and O–H groups in total. The molecule has 2 heterocycles. The zero-order chi connectivity index (χ0) is 16.1. The molecule has 23 heavy (non-hydrogen) atoms. The Kier molecular flexibility index (Phi) is 5.25. The van der Waals surface area contributed by atoms with Gasteiger partial charge in [-0.3, -0.25) is 4.90 Å². The van der Waals surface area contributed by atoms with E-state index in [1.54, 1.807) is 13.2 Å². The SMILES string of the molecule is COCCc1noc(CN2CCC(Cc3cccc(O)c3)C2)n1. The van der Waals surface area contributed by atoms with E-state index in [-0.39, 0.29) is 0 Å². The van der Waals surface area contributed by atoms with Crippen LogP contribution in [0.15, 0.2) is 28.8 Å². The molecule has 1 aromatic carbocycles. The Morgan fingerprint density at radius 3 is 3.17 bits per heavy atom. The molecule has 1 aliphatic heterocycles. The fraction of sp³-hybridized carbons (Fsp3) is 0.529. The van der Waals surface area contributed by atoms with Crippen molar-refractivity contribution in [1.82, 2.24) is 15.0 Å². The Labute approximate surface area is 136 Å². The summed E-state index contributed by atoms with van der Waals surface area (Å²) in [7, 11) is 1.66. The molecule has 1 aromatic heterocycles. The lowest BCUT2D eigenvalue weighted by Gasteiger charge is -2.13. The molecule has 0 spiro atoms. The van der Waals surface area contributed by atoms with Gasteiger partial charge in [-0.2, -0.15) is 4.98 Å². The number of ether oxygens (including phenoxy) is 1. The molecule has 2 aromatic rings. The summed E-state index contributed by atoms with van der Waals surface area (Å²) in [5, 5.41) is 13.5. The molecule has 1 aliphatic rings. The van der Waals surface area contributed by atoms with Crippen molar-refractivity contribution in [3.05, 3.63) is 41.5 Å². The molecule has 0 saturated carbocycles. The summed E-state index contributed by atoms with van der Waals surface area (Å²) >= 11 is 0. The van der Waals surface area contributed by atoms with E-state index in [2.05, 4.69) is 21.1 Å². The second-order valence-electron chi connectivity index (χ2n) is 6.11. The van der Waals surface area contributed by atoms with Crippen molar-refractivity contribution in [2.24, 2.45) is 5.92 Å². The quantitative estimate of drug-likeness (QED) is 0.842. The van der Waals surface area contributed by atoms with Crippen LogP contribution in [0.2, 0.25) is 0 Å². The molecule has 1 unspecified atom stereocenters. The minimum atomic E-state index is 0.340. The number of hydrogen-bond donors (Lipinski definition) is 1. The zero-order valence-electron chi connectivity index (χ0n) is 13.4. The van der Waals surface area contributed by atoms with Gasteiger partial charge in [0.15, 0.2) is 5.82 Å². The average Bonchev–Trinajstić information content (AvgIpc) is 3.15. The number of aromatic nitrogens is 2. The molecule has 1 fully saturated rings. The van der Waals surface area contributed by atoms with Crippen molar-refractivity contribution >= 4 is 0 Å². The van der Waals surface area contributed by atoms with Crippen molar-refractivity contribution in [3.63, 3.8) is 0 Å². The Bertz CT molecular complexity index is 629. The molecule has 6 heteroatoms. The second kappa shape index (κ2) is 7.57. The van der Waals surface area contributed by atoms with Crippen LogP contribution in [0.5, 0.6) is 5.75 Å². The minimum Gasteiger partial charge on any atom is -0.508 e. The van der Waals surface area contributed by atoms with Crippen LogP contribution in [0.25, 0.3) is 0 Å². The highest BCUT2D eigenvalue weighted by atomic mass is 16.5. The average molecular weight is 317 g/mol. The van der Waals surface area contributed by atoms with Crippen LogP contribution in [-0.2, 0) is 24.1 Å². The van der Waals surface area contributed by atoms with Gasteiger partial charge in [0.05, 0.1) is 13.2 Å². The highest BCUT2D eigenvalue weighted by molar-refractivity contribution is 5.27. The van der Waals surface area contributed by atoms with Gasteiger partial charge in [-0.15, -0.1) is 0 Å². The van der Waals surface area contributed by atoms with Gasteiger partial charge < -0.3 is 14.4 Å². The normalized spacial score (nSPS) is 18.6. The van der Waals surface area contributed by atoms with Gasteiger partial charge in [0.25, 0.3) is 0 Å². The lowest BCUT2D eigenvalue weighted by Crippen LogP contribution is -2.20. The van der Waals surface area contributed by atoms with E-state index in [0.29, 0.717) is 43.0 Å². The van der Waals surface area contributed by atoms with E-state index in [9.17, 15) is 5.11 Å². The van der Waals surface area contributed by atoms with Crippen LogP contribution in [-0.4, -0.2) is 47.0 Å². The van der Waals surface area contributed by atoms with Crippen molar-refractivity contribution in [3.8, 4) is 5.75 Å². The lowest BCUT2D eigenvalue weighted by molar-refractivity contribution is 0.199. The second-order valence-corrected chi connectivity index (χ2v) is 6.11. The number of hydrogen-bond acceptors (Lipinski definition) is 6. The zero-order valence-corrected chi connectivity index (χ0v) is 13.4. The standard InChI is InChI=1S/C17H23N3O3/c1-22-8-6-16-18-17(23-19-16)12-20-7-5-14(11-20)9-13-3-2-4-15(21)10-13/h2-4,10,14,21H,5-9,11-12H2,1H3. The number of nitrogens with zero attached hydrogens (tertiary/aromatic N) is 3. The van der Waals surface area contributed by atoms with Gasteiger partial charge in [-0.25, -0.2) is 0 Å². The number of likely N-dealkylation sites (tertiary alicyclic amines) is 1. The number of phenolic OH excluding ortho intramolecular Hbond substituents is 1. The maximum absolute atomic E-state index is 9.55. The summed E-state index contributed by atoms with van der Waals surface area (Å²) in [6, 6.07) is 7.53. The summed E-state index contributed by atoms with van der Waals surface area (Å²) in [5.41, 5.74) is 1.19. The van der Waals surface area contributed by atoms with Gasteiger partial charge in [-0.1, -0.05) is 17.3 Å². The number of rotatable bonds is 7. The first-order valence-electron chi connectivity index (χ1n) is 8.03. The summed E-state index contributed by atoms with van der Waals surface area (Å²) in [6.07, 6.45) is 2.83. The van der Waals surface area contributed by atoms with Crippen molar-refractivity contribution in [1.29, 1.82) is 0 Å². The van der Waals surface area contributed by atoms with E-state index in [1.807, 2.05) is 12.1 Å². The van der Waals surface area contributed by atoms with E-state index >= 15 is 0 Å². The number of benzene rings is 1. The first-order valence-corrected chi connectivity index (χ1v) is 8.03. The molecule has 0 radical (unpaired) electrons. The Hall–Kier alpha value is -1.92. The Morgan fingerprint density at radius 2 is 2.35 bits per heavy atom. The third-order valence-electron chi connectivity index (χ3n) is 4.20. The molecule has 0 aliphatic carbocycles. The van der Waals surface area contributed by atoms with Crippen molar-refractivity contribution < 1.29 is 14.4 Å². The summed E-state index contributed by atoms with van der Waals surface area (Å²) in [5.74, 6) is 2.32. The Balaban J connectivity index is 1.48. The summed E-state index contributed by atoms with van der Waals surface area (Å²) in [4.78, 5) is 6.75. The molecule has 3 rings (SSSR count). The molecule has 1 saturated heterocycles. The van der Waals surface area contributed by atoms with Crippen LogP contribution >= 0.6 is 0 Å². The molecule has 0 amide bonds. The van der Waals surface area contributed by atoms with Gasteiger partial charge >= 0.3 is 0 Å². The molecule has 6 nitrogen and oxygen atoms in total. The monoisotopic (exact) mass is 317 g/mol. The van der Waals surface area contributed by atoms with Gasteiger partial charge in [0.2, 0.25) is 5.89 Å². The predicted octanol–water partition coefficient (Wildman–Crippen LogP) is 2.03. The summed E-state index contributed by atoms with van der Waals surface area (Å²) < 4.78 is 10.3. The van der Waals surface area contributed by atoms with Gasteiger partial charge in [-0.05, 0) is 43.0 Å². The molecule has 1 atom stereocenters. The first kappa shape index (κ1) is 16.0. The van der Waals surface area contributed by atoms with Crippen LogP contribution in [0.4, 0.5) is 0 Å². The molecular formula is C17H23N3O3. The van der Waals surface area contributed by atoms with Crippen LogP contribution in [0, 0.1) is 5.92 Å². The first-order chi connectivity index (χ1) is 11.2. The van der Waals surface area contributed by atoms with Crippen molar-refractivity contribution in [2.75, 3.05) is 26.8 Å². The summed E-state index contributed by atoms with van der Waals surface area (Å²) in [6.45, 7) is 3.37. The topological polar surface area (TPSA) is 71.6 Å². The van der Waals surface area contributed by atoms with Crippen LogP contribution in [0.3, 0.4) is 0 Å². The van der Waals surface area contributed by atoms with Crippen LogP contribution in [0.1, 0.15) is 23.7 Å². The fourth-order valence-electron chi connectivity index (χ4n) is 3.08. The maximum atomic E-state index is 9.55. The number of phenols is 1. The molecular weight excluding hydrogens is 294 g/mol. The number of aromatic hydroxyl groups is 1. The van der Waals surface area contributed by atoms with E-state index in [4.69, 9.17) is 9.26 Å². The van der Waals surface area contributed by atoms with Crippen LogP contribution < -0.4 is 0 Å². The predicted molar refractivity (Wildman–Crippen MR) is 85.1 cm³/mol. The highest BCUT2D eigenvalue weighted by Crippen LogP contribution is 2.23. The smallest absolute Gasteiger partial charge is 0.240 e. The van der Waals surface area contributed by atoms with E-state index in [1.165, 1.54) is 5.56 Å². The molecule has 124 valence electrons. The minimum absolute atomic E-state index is 0.340. The Morgan fingerprint density at radius 1 is 1.43 bits per heavy atom.